The maximum absolute atomic E-state index is 13.4. The molecule has 2 rings (SSSR count). The molecular formula is C15H13BrF2O. The van der Waals surface area contributed by atoms with Crippen LogP contribution in [0.3, 0.4) is 0 Å². The summed E-state index contributed by atoms with van der Waals surface area (Å²) in [4.78, 5) is 0. The van der Waals surface area contributed by atoms with Crippen LogP contribution in [0.5, 0.6) is 0 Å². The number of hydrogen-bond acceptors (Lipinski definition) is 1. The SMILES string of the molecule is Cc1cc(F)ccc1CC(O)c1ccc(Br)c(F)c1. The highest BCUT2D eigenvalue weighted by molar-refractivity contribution is 9.10. The van der Waals surface area contributed by atoms with Crippen molar-refractivity contribution >= 4 is 15.9 Å². The van der Waals surface area contributed by atoms with Gasteiger partial charge in [-0.2, -0.15) is 0 Å². The molecule has 1 N–H and O–H groups in total. The molecule has 0 aliphatic rings. The van der Waals surface area contributed by atoms with Crippen molar-refractivity contribution in [1.82, 2.24) is 0 Å². The molecule has 0 amide bonds. The van der Waals surface area contributed by atoms with Crippen molar-refractivity contribution in [3.05, 3.63) is 69.2 Å². The van der Waals surface area contributed by atoms with Crippen molar-refractivity contribution in [2.75, 3.05) is 0 Å². The Morgan fingerprint density at radius 1 is 1.16 bits per heavy atom. The van der Waals surface area contributed by atoms with Gasteiger partial charge in [-0.05, 0) is 63.8 Å². The molecule has 0 aliphatic heterocycles. The molecular weight excluding hydrogens is 314 g/mol. The molecule has 2 aromatic carbocycles. The fourth-order valence-corrected chi connectivity index (χ4v) is 2.18. The quantitative estimate of drug-likeness (QED) is 0.891. The molecule has 0 saturated heterocycles. The van der Waals surface area contributed by atoms with Gasteiger partial charge in [0.25, 0.3) is 0 Å². The van der Waals surface area contributed by atoms with E-state index in [0.29, 0.717) is 16.5 Å². The van der Waals surface area contributed by atoms with Crippen LogP contribution in [0.15, 0.2) is 40.9 Å². The van der Waals surface area contributed by atoms with Crippen molar-refractivity contribution in [3.63, 3.8) is 0 Å². The Labute approximate surface area is 119 Å². The number of aliphatic hydroxyl groups is 1. The lowest BCUT2D eigenvalue weighted by Gasteiger charge is -2.13. The summed E-state index contributed by atoms with van der Waals surface area (Å²) in [6.45, 7) is 1.79. The fraction of sp³-hybridized carbons (Fsp3) is 0.200. The third-order valence-corrected chi connectivity index (χ3v) is 3.69. The van der Waals surface area contributed by atoms with E-state index in [-0.39, 0.29) is 5.82 Å². The van der Waals surface area contributed by atoms with Crippen molar-refractivity contribution in [2.24, 2.45) is 0 Å². The predicted octanol–water partition coefficient (Wildman–Crippen LogP) is 4.31. The highest BCUT2D eigenvalue weighted by Crippen LogP contribution is 2.24. The summed E-state index contributed by atoms with van der Waals surface area (Å²) in [5.41, 5.74) is 2.12. The molecule has 4 heteroatoms. The average Bonchev–Trinajstić information content (AvgIpc) is 2.36. The lowest BCUT2D eigenvalue weighted by Crippen LogP contribution is -2.04. The summed E-state index contributed by atoms with van der Waals surface area (Å²) in [7, 11) is 0. The number of aryl methyl sites for hydroxylation is 1. The topological polar surface area (TPSA) is 20.2 Å². The Morgan fingerprint density at radius 2 is 1.89 bits per heavy atom. The standard InChI is InChI=1S/C15H13BrF2O/c1-9-6-12(17)4-2-10(9)8-15(19)11-3-5-13(16)14(18)7-11/h2-7,15,19H,8H2,1H3. The summed E-state index contributed by atoms with van der Waals surface area (Å²) in [5.74, 6) is -0.710. The highest BCUT2D eigenvalue weighted by Gasteiger charge is 2.12. The first-order valence-electron chi connectivity index (χ1n) is 5.85. The van der Waals surface area contributed by atoms with Crippen molar-refractivity contribution in [3.8, 4) is 0 Å². The molecule has 1 atom stereocenters. The van der Waals surface area contributed by atoms with E-state index < -0.39 is 11.9 Å². The van der Waals surface area contributed by atoms with E-state index >= 15 is 0 Å². The number of aliphatic hydroxyl groups excluding tert-OH is 1. The monoisotopic (exact) mass is 326 g/mol. The number of benzene rings is 2. The lowest BCUT2D eigenvalue weighted by molar-refractivity contribution is 0.177. The fourth-order valence-electron chi connectivity index (χ4n) is 1.93. The third kappa shape index (κ3) is 3.39. The first-order chi connectivity index (χ1) is 8.97. The minimum absolute atomic E-state index is 0.301. The molecule has 0 spiro atoms. The van der Waals surface area contributed by atoms with Gasteiger partial charge in [-0.15, -0.1) is 0 Å². The summed E-state index contributed by atoms with van der Waals surface area (Å²) < 4.78 is 26.8. The van der Waals surface area contributed by atoms with Crippen LogP contribution in [0.4, 0.5) is 8.78 Å². The molecule has 0 heterocycles. The van der Waals surface area contributed by atoms with Crippen LogP contribution >= 0.6 is 15.9 Å². The van der Waals surface area contributed by atoms with Gasteiger partial charge < -0.3 is 5.11 Å². The summed E-state index contributed by atoms with van der Waals surface area (Å²) in [6.07, 6.45) is -0.487. The molecule has 0 aliphatic carbocycles. The molecule has 100 valence electrons. The number of hydrogen-bond donors (Lipinski definition) is 1. The van der Waals surface area contributed by atoms with E-state index in [1.54, 1.807) is 25.1 Å². The highest BCUT2D eigenvalue weighted by atomic mass is 79.9. The molecule has 0 bridgehead atoms. The summed E-state index contributed by atoms with van der Waals surface area (Å²) >= 11 is 3.07. The van der Waals surface area contributed by atoms with Gasteiger partial charge in [0.05, 0.1) is 10.6 Å². The Hall–Kier alpha value is -1.26. The maximum atomic E-state index is 13.4. The minimum atomic E-state index is -0.813. The summed E-state index contributed by atoms with van der Waals surface area (Å²) in [5, 5.41) is 10.1. The van der Waals surface area contributed by atoms with E-state index in [4.69, 9.17) is 0 Å². The second-order valence-electron chi connectivity index (χ2n) is 4.46. The second kappa shape index (κ2) is 5.80. The zero-order chi connectivity index (χ0) is 14.0. The van der Waals surface area contributed by atoms with Gasteiger partial charge in [0.2, 0.25) is 0 Å². The van der Waals surface area contributed by atoms with Gasteiger partial charge in [-0.25, -0.2) is 8.78 Å². The molecule has 0 saturated carbocycles. The normalized spacial score (nSPS) is 12.5. The third-order valence-electron chi connectivity index (χ3n) is 3.05. The lowest BCUT2D eigenvalue weighted by atomic mass is 9.98. The Kier molecular flexibility index (Phi) is 4.32. The van der Waals surface area contributed by atoms with Gasteiger partial charge >= 0.3 is 0 Å². The number of halogens is 3. The second-order valence-corrected chi connectivity index (χ2v) is 5.32. The Balaban J connectivity index is 2.20. The van der Waals surface area contributed by atoms with Gasteiger partial charge in [0, 0.05) is 6.42 Å². The molecule has 0 radical (unpaired) electrons. The molecule has 2 aromatic rings. The van der Waals surface area contributed by atoms with E-state index in [2.05, 4.69) is 15.9 Å². The van der Waals surface area contributed by atoms with Crippen LogP contribution in [0, 0.1) is 18.6 Å². The van der Waals surface area contributed by atoms with Crippen LogP contribution in [0.1, 0.15) is 22.8 Å². The van der Waals surface area contributed by atoms with Gasteiger partial charge in [0.15, 0.2) is 0 Å². The smallest absolute Gasteiger partial charge is 0.137 e. The molecule has 0 fully saturated rings. The van der Waals surface area contributed by atoms with Crippen LogP contribution in [0.2, 0.25) is 0 Å². The van der Waals surface area contributed by atoms with Crippen molar-refractivity contribution < 1.29 is 13.9 Å². The minimum Gasteiger partial charge on any atom is -0.388 e. The molecule has 0 aromatic heterocycles. The zero-order valence-electron chi connectivity index (χ0n) is 10.3. The summed E-state index contributed by atoms with van der Waals surface area (Å²) in [6, 6.07) is 8.94. The largest absolute Gasteiger partial charge is 0.388 e. The Bertz CT molecular complexity index is 599. The first kappa shape index (κ1) is 14.2. The van der Waals surface area contributed by atoms with E-state index in [9.17, 15) is 13.9 Å². The van der Waals surface area contributed by atoms with Crippen LogP contribution in [-0.2, 0) is 6.42 Å². The van der Waals surface area contributed by atoms with Gasteiger partial charge in [-0.1, -0.05) is 12.1 Å². The maximum Gasteiger partial charge on any atom is 0.137 e. The van der Waals surface area contributed by atoms with Gasteiger partial charge in [-0.3, -0.25) is 0 Å². The van der Waals surface area contributed by atoms with Crippen LogP contribution in [-0.4, -0.2) is 5.11 Å². The molecule has 19 heavy (non-hydrogen) atoms. The van der Waals surface area contributed by atoms with Crippen LogP contribution < -0.4 is 0 Å². The number of rotatable bonds is 3. The van der Waals surface area contributed by atoms with Crippen LogP contribution in [0.25, 0.3) is 0 Å². The van der Waals surface area contributed by atoms with Crippen molar-refractivity contribution in [1.29, 1.82) is 0 Å². The molecule has 1 nitrogen and oxygen atoms in total. The van der Waals surface area contributed by atoms with Gasteiger partial charge in [0.1, 0.15) is 11.6 Å². The van der Waals surface area contributed by atoms with E-state index in [0.717, 1.165) is 11.1 Å². The average molecular weight is 327 g/mol. The molecule has 1 unspecified atom stereocenters. The Morgan fingerprint density at radius 3 is 2.53 bits per heavy atom. The first-order valence-corrected chi connectivity index (χ1v) is 6.64. The predicted molar refractivity (Wildman–Crippen MR) is 73.9 cm³/mol. The van der Waals surface area contributed by atoms with E-state index in [1.807, 2.05) is 0 Å². The van der Waals surface area contributed by atoms with E-state index in [1.165, 1.54) is 18.2 Å². The zero-order valence-corrected chi connectivity index (χ0v) is 11.9. The van der Waals surface area contributed by atoms with Crippen molar-refractivity contribution in [2.45, 2.75) is 19.4 Å².